The van der Waals surface area contributed by atoms with E-state index in [2.05, 4.69) is 10.2 Å². The van der Waals surface area contributed by atoms with Gasteiger partial charge in [0.15, 0.2) is 5.82 Å². The van der Waals surface area contributed by atoms with E-state index in [1.165, 1.54) is 0 Å². The predicted molar refractivity (Wildman–Crippen MR) is 87.9 cm³/mol. The van der Waals surface area contributed by atoms with Gasteiger partial charge in [-0.05, 0) is 38.1 Å². The maximum atomic E-state index is 5.79. The van der Waals surface area contributed by atoms with Crippen LogP contribution in [-0.4, -0.2) is 20.9 Å². The van der Waals surface area contributed by atoms with Crippen LogP contribution in [-0.2, 0) is 6.61 Å². The topological polar surface area (TPSA) is 49.2 Å². The first-order valence-electron chi connectivity index (χ1n) is 7.58. The molecule has 0 bridgehead atoms. The van der Waals surface area contributed by atoms with Crippen LogP contribution >= 0.6 is 0 Å². The lowest BCUT2D eigenvalue weighted by Crippen LogP contribution is -2.12. The van der Waals surface area contributed by atoms with Gasteiger partial charge in [0.2, 0.25) is 0 Å². The van der Waals surface area contributed by atoms with E-state index in [1.807, 2.05) is 79.1 Å². The largest absolute Gasteiger partial charge is 0.486 e. The number of nitrogens with zero attached hydrogens (tertiary/aromatic N) is 3. The lowest BCUT2D eigenvalue weighted by molar-refractivity contribution is 0.216. The molecule has 0 aliphatic rings. The van der Waals surface area contributed by atoms with Crippen molar-refractivity contribution in [1.29, 1.82) is 0 Å². The van der Waals surface area contributed by atoms with Gasteiger partial charge in [-0.15, -0.1) is 5.10 Å². The average molecular weight is 309 g/mol. The van der Waals surface area contributed by atoms with Gasteiger partial charge in [-0.1, -0.05) is 41.5 Å². The van der Waals surface area contributed by atoms with Crippen LogP contribution in [0.1, 0.15) is 19.7 Å². The summed E-state index contributed by atoms with van der Waals surface area (Å²) < 4.78 is 13.4. The fraction of sp³-hybridized carbons (Fsp3) is 0.222. The zero-order chi connectivity index (χ0) is 16.1. The second kappa shape index (κ2) is 6.96. The van der Waals surface area contributed by atoms with Crippen molar-refractivity contribution < 1.29 is 9.47 Å². The van der Waals surface area contributed by atoms with Gasteiger partial charge in [0.05, 0.1) is 11.8 Å². The van der Waals surface area contributed by atoms with Gasteiger partial charge in [0.1, 0.15) is 12.4 Å². The standard InChI is InChI=1S/C18H19N3O2/c1-14(2)23-18-20-19-17(13-22-16-11-7-4-8-12-16)21(18)15-9-5-3-6-10-15/h3-12,14H,13H2,1-2H3. The van der Waals surface area contributed by atoms with Crippen molar-refractivity contribution in [2.75, 3.05) is 0 Å². The number of hydrogen-bond acceptors (Lipinski definition) is 4. The average Bonchev–Trinajstić information content (AvgIpc) is 2.96. The van der Waals surface area contributed by atoms with Gasteiger partial charge >= 0.3 is 6.01 Å². The van der Waals surface area contributed by atoms with E-state index >= 15 is 0 Å². The number of ether oxygens (including phenoxy) is 2. The summed E-state index contributed by atoms with van der Waals surface area (Å²) in [6, 6.07) is 20.0. The normalized spacial score (nSPS) is 10.7. The molecule has 5 heteroatoms. The van der Waals surface area contributed by atoms with E-state index < -0.39 is 0 Å². The molecule has 0 radical (unpaired) electrons. The highest BCUT2D eigenvalue weighted by Crippen LogP contribution is 2.21. The van der Waals surface area contributed by atoms with Crippen LogP contribution in [0.2, 0.25) is 0 Å². The molecular weight excluding hydrogens is 290 g/mol. The molecular formula is C18H19N3O2. The molecule has 0 atom stereocenters. The predicted octanol–water partition coefficient (Wildman–Crippen LogP) is 3.63. The van der Waals surface area contributed by atoms with Crippen LogP contribution in [0.25, 0.3) is 5.69 Å². The van der Waals surface area contributed by atoms with E-state index in [0.29, 0.717) is 18.4 Å². The second-order valence-electron chi connectivity index (χ2n) is 5.34. The molecule has 23 heavy (non-hydrogen) atoms. The summed E-state index contributed by atoms with van der Waals surface area (Å²) in [7, 11) is 0. The Hall–Kier alpha value is -2.82. The quantitative estimate of drug-likeness (QED) is 0.697. The Morgan fingerprint density at radius 2 is 1.57 bits per heavy atom. The summed E-state index contributed by atoms with van der Waals surface area (Å²) in [6.45, 7) is 4.24. The highest BCUT2D eigenvalue weighted by Gasteiger charge is 2.16. The van der Waals surface area contributed by atoms with Crippen molar-refractivity contribution in [3.05, 3.63) is 66.5 Å². The monoisotopic (exact) mass is 309 g/mol. The summed E-state index contributed by atoms with van der Waals surface area (Å²) in [4.78, 5) is 0. The zero-order valence-corrected chi connectivity index (χ0v) is 13.2. The third kappa shape index (κ3) is 3.69. The van der Waals surface area contributed by atoms with Crippen LogP contribution < -0.4 is 9.47 Å². The van der Waals surface area contributed by atoms with Gasteiger partial charge in [-0.3, -0.25) is 0 Å². The Labute approximate surface area is 135 Å². The SMILES string of the molecule is CC(C)Oc1nnc(COc2ccccc2)n1-c1ccccc1. The maximum Gasteiger partial charge on any atom is 0.322 e. The fourth-order valence-corrected chi connectivity index (χ4v) is 2.18. The first kappa shape index (κ1) is 15.1. The minimum absolute atomic E-state index is 0.0181. The van der Waals surface area contributed by atoms with Crippen molar-refractivity contribution in [2.45, 2.75) is 26.6 Å². The van der Waals surface area contributed by atoms with Crippen LogP contribution in [0.3, 0.4) is 0 Å². The lowest BCUT2D eigenvalue weighted by Gasteiger charge is -2.13. The van der Waals surface area contributed by atoms with E-state index in [-0.39, 0.29) is 6.10 Å². The molecule has 2 aromatic carbocycles. The third-order valence-electron chi connectivity index (χ3n) is 3.17. The minimum Gasteiger partial charge on any atom is -0.486 e. The van der Waals surface area contributed by atoms with E-state index in [9.17, 15) is 0 Å². The van der Waals surface area contributed by atoms with Crippen molar-refractivity contribution in [1.82, 2.24) is 14.8 Å². The molecule has 1 heterocycles. The number of rotatable bonds is 6. The Kier molecular flexibility index (Phi) is 4.57. The summed E-state index contributed by atoms with van der Waals surface area (Å²) in [6.07, 6.45) is 0.0181. The Bertz CT molecular complexity index is 739. The van der Waals surface area contributed by atoms with Gasteiger partial charge in [0.25, 0.3) is 0 Å². The molecule has 0 unspecified atom stereocenters. The van der Waals surface area contributed by atoms with Gasteiger partial charge in [-0.2, -0.15) is 0 Å². The highest BCUT2D eigenvalue weighted by atomic mass is 16.5. The zero-order valence-electron chi connectivity index (χ0n) is 13.2. The molecule has 3 rings (SSSR count). The highest BCUT2D eigenvalue weighted by molar-refractivity contribution is 5.35. The molecule has 0 N–H and O–H groups in total. The molecule has 0 aliphatic carbocycles. The molecule has 0 spiro atoms. The number of benzene rings is 2. The molecule has 1 aromatic heterocycles. The number of aromatic nitrogens is 3. The summed E-state index contributed by atoms with van der Waals surface area (Å²) in [5.41, 5.74) is 0.944. The van der Waals surface area contributed by atoms with Crippen LogP contribution in [0.15, 0.2) is 60.7 Å². The van der Waals surface area contributed by atoms with Crippen molar-refractivity contribution in [2.24, 2.45) is 0 Å². The third-order valence-corrected chi connectivity index (χ3v) is 3.17. The van der Waals surface area contributed by atoms with Crippen molar-refractivity contribution in [3.8, 4) is 17.4 Å². The molecule has 0 saturated carbocycles. The molecule has 118 valence electrons. The maximum absolute atomic E-state index is 5.79. The molecule has 5 nitrogen and oxygen atoms in total. The first-order chi connectivity index (χ1) is 11.2. The van der Waals surface area contributed by atoms with E-state index in [1.54, 1.807) is 0 Å². The summed E-state index contributed by atoms with van der Waals surface area (Å²) >= 11 is 0. The Morgan fingerprint density at radius 1 is 0.913 bits per heavy atom. The Morgan fingerprint density at radius 3 is 2.22 bits per heavy atom. The molecule has 0 saturated heterocycles. The number of hydrogen-bond donors (Lipinski definition) is 0. The van der Waals surface area contributed by atoms with Gasteiger partial charge in [-0.25, -0.2) is 4.57 Å². The van der Waals surface area contributed by atoms with Gasteiger partial charge in [0, 0.05) is 0 Å². The van der Waals surface area contributed by atoms with Crippen molar-refractivity contribution >= 4 is 0 Å². The van der Waals surface area contributed by atoms with E-state index in [0.717, 1.165) is 11.4 Å². The minimum atomic E-state index is 0.0181. The summed E-state index contributed by atoms with van der Waals surface area (Å²) in [5, 5.41) is 8.38. The smallest absolute Gasteiger partial charge is 0.322 e. The number of para-hydroxylation sites is 2. The lowest BCUT2D eigenvalue weighted by atomic mass is 10.3. The van der Waals surface area contributed by atoms with Crippen LogP contribution in [0.5, 0.6) is 11.8 Å². The van der Waals surface area contributed by atoms with Crippen LogP contribution in [0.4, 0.5) is 0 Å². The molecule has 0 fully saturated rings. The van der Waals surface area contributed by atoms with Crippen LogP contribution in [0, 0.1) is 0 Å². The summed E-state index contributed by atoms with van der Waals surface area (Å²) in [5.74, 6) is 1.48. The Balaban J connectivity index is 1.89. The molecule has 0 amide bonds. The van der Waals surface area contributed by atoms with Gasteiger partial charge < -0.3 is 9.47 Å². The second-order valence-corrected chi connectivity index (χ2v) is 5.34. The molecule has 0 aliphatic heterocycles. The van der Waals surface area contributed by atoms with E-state index in [4.69, 9.17) is 9.47 Å². The fourth-order valence-electron chi connectivity index (χ4n) is 2.18. The molecule has 3 aromatic rings. The first-order valence-corrected chi connectivity index (χ1v) is 7.58. The van der Waals surface area contributed by atoms with Crippen molar-refractivity contribution in [3.63, 3.8) is 0 Å².